The molecule has 5 nitrogen and oxygen atoms in total. The fraction of sp³-hybridized carbons (Fsp3) is 0.500. The first-order chi connectivity index (χ1) is 13.9. The number of sulfone groups is 1. The van der Waals surface area contributed by atoms with Crippen molar-refractivity contribution in [3.8, 4) is 0 Å². The molecule has 0 radical (unpaired) electrons. The van der Waals surface area contributed by atoms with Gasteiger partial charge in [-0.15, -0.1) is 0 Å². The molecule has 1 atom stereocenters. The third kappa shape index (κ3) is 4.79. The van der Waals surface area contributed by atoms with Gasteiger partial charge in [-0.05, 0) is 68.0 Å². The Labute approximate surface area is 180 Å². The molecule has 0 aliphatic heterocycles. The molecule has 1 unspecified atom stereocenters. The zero-order chi connectivity index (χ0) is 22.2. The summed E-state index contributed by atoms with van der Waals surface area (Å²) in [6.07, 6.45) is 3.38. The standard InChI is InChI=1S/C20H23ClF2O5S2/c1-29(24,25)28-13-14-8-10-20(11-9-14,18-12-16(22)4-7-19(18)23)30(26,27)17-5-2-15(21)3-6-17/h2-7,14,18H,8-13H2,1H3. The molecule has 10 heteroatoms. The zero-order valence-corrected chi connectivity index (χ0v) is 18.7. The number of benzene rings is 1. The number of hydrogen-bond donors (Lipinski definition) is 0. The van der Waals surface area contributed by atoms with Crippen molar-refractivity contribution >= 4 is 31.6 Å². The van der Waals surface area contributed by atoms with Crippen molar-refractivity contribution in [2.24, 2.45) is 11.8 Å². The number of hydrogen-bond acceptors (Lipinski definition) is 5. The van der Waals surface area contributed by atoms with Crippen LogP contribution in [-0.4, -0.2) is 34.4 Å². The van der Waals surface area contributed by atoms with Gasteiger partial charge in [0.1, 0.15) is 11.7 Å². The van der Waals surface area contributed by atoms with Crippen LogP contribution in [0.15, 0.2) is 53.0 Å². The van der Waals surface area contributed by atoms with E-state index in [1.54, 1.807) is 0 Å². The predicted octanol–water partition coefficient (Wildman–Crippen LogP) is 4.75. The molecule has 0 N–H and O–H groups in total. The molecule has 1 fully saturated rings. The molecular formula is C20H23ClF2O5S2. The summed E-state index contributed by atoms with van der Waals surface area (Å²) in [4.78, 5) is 0.000460. The fourth-order valence-corrected chi connectivity index (χ4v) is 7.16. The third-order valence-electron chi connectivity index (χ3n) is 5.92. The van der Waals surface area contributed by atoms with Gasteiger partial charge < -0.3 is 0 Å². The first kappa shape index (κ1) is 23.4. The SMILES string of the molecule is CS(=O)(=O)OCC1CCC(C2CC(F)=CC=C2F)(S(=O)(=O)c2ccc(Cl)cc2)CC1. The number of allylic oxidation sites excluding steroid dienone is 4. The van der Waals surface area contributed by atoms with E-state index in [4.69, 9.17) is 15.8 Å². The van der Waals surface area contributed by atoms with Gasteiger partial charge in [-0.1, -0.05) is 11.6 Å². The number of halogens is 3. The van der Waals surface area contributed by atoms with Gasteiger partial charge in [-0.3, -0.25) is 4.18 Å². The monoisotopic (exact) mass is 480 g/mol. The Morgan fingerprint density at radius 3 is 2.23 bits per heavy atom. The van der Waals surface area contributed by atoms with Crippen LogP contribution in [0, 0.1) is 11.8 Å². The molecule has 0 heterocycles. The van der Waals surface area contributed by atoms with Gasteiger partial charge in [-0.2, -0.15) is 8.42 Å². The summed E-state index contributed by atoms with van der Waals surface area (Å²) in [6.45, 7) is -0.0623. The van der Waals surface area contributed by atoms with E-state index in [2.05, 4.69) is 0 Å². The maximum absolute atomic E-state index is 14.8. The average molecular weight is 481 g/mol. The van der Waals surface area contributed by atoms with E-state index < -0.39 is 42.3 Å². The van der Waals surface area contributed by atoms with Crippen molar-refractivity contribution in [3.05, 3.63) is 53.1 Å². The van der Waals surface area contributed by atoms with E-state index in [0.717, 1.165) is 18.4 Å². The summed E-state index contributed by atoms with van der Waals surface area (Å²) in [5.41, 5.74) is 0. The van der Waals surface area contributed by atoms with E-state index in [-0.39, 0.29) is 36.7 Å². The van der Waals surface area contributed by atoms with E-state index >= 15 is 0 Å². The summed E-state index contributed by atoms with van der Waals surface area (Å²) in [5, 5.41) is 0.363. The first-order valence-corrected chi connectivity index (χ1v) is 13.2. The second-order valence-electron chi connectivity index (χ2n) is 7.88. The largest absolute Gasteiger partial charge is 0.270 e. The second-order valence-corrected chi connectivity index (χ2v) is 12.2. The molecule has 1 aromatic rings. The molecule has 2 aliphatic rings. The molecule has 30 heavy (non-hydrogen) atoms. The smallest absolute Gasteiger partial charge is 0.264 e. The molecule has 2 aliphatic carbocycles. The van der Waals surface area contributed by atoms with Crippen molar-refractivity contribution in [2.45, 2.75) is 41.7 Å². The lowest BCUT2D eigenvalue weighted by atomic mass is 9.72. The quantitative estimate of drug-likeness (QED) is 0.549. The van der Waals surface area contributed by atoms with E-state index in [1.807, 2.05) is 0 Å². The van der Waals surface area contributed by atoms with Crippen LogP contribution in [0.5, 0.6) is 0 Å². The van der Waals surface area contributed by atoms with Crippen molar-refractivity contribution in [3.63, 3.8) is 0 Å². The summed E-state index contributed by atoms with van der Waals surface area (Å²) in [5.74, 6) is -2.58. The van der Waals surface area contributed by atoms with Gasteiger partial charge in [0.2, 0.25) is 0 Å². The zero-order valence-electron chi connectivity index (χ0n) is 16.4. The third-order valence-corrected chi connectivity index (χ3v) is 9.39. The summed E-state index contributed by atoms with van der Waals surface area (Å²) >= 11 is 5.88. The lowest BCUT2D eigenvalue weighted by Gasteiger charge is -2.44. The van der Waals surface area contributed by atoms with Gasteiger partial charge in [0.25, 0.3) is 10.1 Å². The molecular weight excluding hydrogens is 458 g/mol. The maximum atomic E-state index is 14.8. The lowest BCUT2D eigenvalue weighted by Crippen LogP contribution is -2.49. The van der Waals surface area contributed by atoms with Crippen molar-refractivity contribution < 1.29 is 29.8 Å². The Balaban J connectivity index is 1.96. The van der Waals surface area contributed by atoms with Crippen LogP contribution in [-0.2, 0) is 24.1 Å². The highest BCUT2D eigenvalue weighted by Crippen LogP contribution is 2.51. The molecule has 0 amide bonds. The normalized spacial score (nSPS) is 28.0. The highest BCUT2D eigenvalue weighted by Gasteiger charge is 2.54. The molecule has 166 valence electrons. The maximum Gasteiger partial charge on any atom is 0.264 e. The molecule has 0 bridgehead atoms. The van der Waals surface area contributed by atoms with Gasteiger partial charge >= 0.3 is 0 Å². The van der Waals surface area contributed by atoms with E-state index in [0.29, 0.717) is 17.9 Å². The van der Waals surface area contributed by atoms with E-state index in [9.17, 15) is 25.6 Å². The summed E-state index contributed by atoms with van der Waals surface area (Å²) in [7, 11) is -7.68. The van der Waals surface area contributed by atoms with Gasteiger partial charge in [0.05, 0.1) is 22.5 Å². The van der Waals surface area contributed by atoms with Crippen LogP contribution in [0.4, 0.5) is 8.78 Å². The van der Waals surface area contributed by atoms with Crippen LogP contribution in [0.3, 0.4) is 0 Å². The van der Waals surface area contributed by atoms with E-state index in [1.165, 1.54) is 24.3 Å². The Morgan fingerprint density at radius 1 is 1.07 bits per heavy atom. The van der Waals surface area contributed by atoms with Crippen LogP contribution in [0.2, 0.25) is 5.02 Å². The van der Waals surface area contributed by atoms with Crippen molar-refractivity contribution in [1.29, 1.82) is 0 Å². The summed E-state index contributed by atoms with van der Waals surface area (Å²) in [6, 6.07) is 5.63. The summed E-state index contributed by atoms with van der Waals surface area (Å²) < 4.78 is 82.1. The van der Waals surface area contributed by atoms with Gasteiger partial charge in [-0.25, -0.2) is 17.2 Å². The van der Waals surface area contributed by atoms with Gasteiger partial charge in [0.15, 0.2) is 9.84 Å². The Hall–Kier alpha value is -1.29. The van der Waals surface area contributed by atoms with Crippen LogP contribution in [0.25, 0.3) is 0 Å². The average Bonchev–Trinajstić information content (AvgIpc) is 2.68. The lowest BCUT2D eigenvalue weighted by molar-refractivity contribution is 0.168. The second kappa shape index (κ2) is 8.68. The van der Waals surface area contributed by atoms with Gasteiger partial charge in [0, 0.05) is 17.4 Å². The minimum absolute atomic E-state index is 0.000460. The van der Waals surface area contributed by atoms with Crippen LogP contribution < -0.4 is 0 Å². The highest BCUT2D eigenvalue weighted by molar-refractivity contribution is 7.92. The molecule has 3 rings (SSSR count). The molecule has 0 spiro atoms. The van der Waals surface area contributed by atoms with Crippen LogP contribution >= 0.6 is 11.6 Å². The minimum Gasteiger partial charge on any atom is -0.270 e. The fourth-order valence-electron chi connectivity index (χ4n) is 4.29. The molecule has 1 saturated carbocycles. The molecule has 1 aromatic carbocycles. The first-order valence-electron chi connectivity index (χ1n) is 9.51. The topological polar surface area (TPSA) is 77.5 Å². The molecule has 0 aromatic heterocycles. The van der Waals surface area contributed by atoms with Crippen LogP contribution in [0.1, 0.15) is 32.1 Å². The molecule has 0 saturated heterocycles. The Bertz CT molecular complexity index is 1050. The predicted molar refractivity (Wildman–Crippen MR) is 111 cm³/mol. The Morgan fingerprint density at radius 2 is 1.67 bits per heavy atom. The Kier molecular flexibility index (Phi) is 6.77. The highest BCUT2D eigenvalue weighted by atomic mass is 35.5. The minimum atomic E-state index is -4.06. The van der Waals surface area contributed by atoms with Crippen molar-refractivity contribution in [2.75, 3.05) is 12.9 Å². The number of rotatable bonds is 6. The van der Waals surface area contributed by atoms with Crippen molar-refractivity contribution in [1.82, 2.24) is 0 Å².